The van der Waals surface area contributed by atoms with Crippen LogP contribution in [0.25, 0.3) is 0 Å². The summed E-state index contributed by atoms with van der Waals surface area (Å²) in [5.74, 6) is 0. The van der Waals surface area contributed by atoms with Crippen LogP contribution in [0.2, 0.25) is 0 Å². The monoisotopic (exact) mass is 178 g/mol. The van der Waals surface area contributed by atoms with Crippen molar-refractivity contribution in [2.24, 2.45) is 5.41 Å². The number of aliphatic hydroxyl groups excluding tert-OH is 3. The molecule has 0 atom stereocenters. The van der Waals surface area contributed by atoms with Crippen molar-refractivity contribution in [3.8, 4) is 0 Å². The summed E-state index contributed by atoms with van der Waals surface area (Å²) < 4.78 is 4.67. The highest BCUT2D eigenvalue weighted by Crippen LogP contribution is 2.19. The lowest BCUT2D eigenvalue weighted by atomic mass is 9.90. The van der Waals surface area contributed by atoms with Gasteiger partial charge in [0, 0.05) is 0 Å². The average molecular weight is 178 g/mol. The first-order chi connectivity index (χ1) is 5.63. The van der Waals surface area contributed by atoms with Crippen molar-refractivity contribution in [3.05, 3.63) is 12.8 Å². The lowest BCUT2D eigenvalue weighted by Gasteiger charge is -2.30. The molecule has 5 heteroatoms. The molecule has 72 valence electrons. The fourth-order valence-corrected chi connectivity index (χ4v) is 0.604. The minimum atomic E-state index is -1.83. The normalized spacial score (nSPS) is 11.8. The van der Waals surface area contributed by atoms with Gasteiger partial charge in [-0.25, -0.2) is 0 Å². The molecule has 0 aliphatic rings. The molecule has 0 aliphatic carbocycles. The Labute approximate surface area is 70.5 Å². The molecule has 0 bridgehead atoms. The molecular weight excluding hydrogens is 164 g/mol. The summed E-state index contributed by atoms with van der Waals surface area (Å²) in [4.78, 5) is 0. The van der Waals surface area contributed by atoms with E-state index < -0.39 is 24.9 Å². The number of ether oxygens (including phenoxy) is 1. The van der Waals surface area contributed by atoms with E-state index in [0.29, 0.717) is 0 Å². The zero-order valence-corrected chi connectivity index (χ0v) is 6.68. The van der Waals surface area contributed by atoms with E-state index in [1.165, 1.54) is 0 Å². The molecule has 0 aromatic carbocycles. The van der Waals surface area contributed by atoms with Crippen molar-refractivity contribution in [3.63, 3.8) is 0 Å². The van der Waals surface area contributed by atoms with Crippen LogP contribution < -0.4 is 0 Å². The second-order valence-electron chi connectivity index (χ2n) is 2.53. The Kier molecular flexibility index (Phi) is 4.84. The predicted octanol–water partition coefficient (Wildman–Crippen LogP) is -1.57. The smallest absolute Gasteiger partial charge is 0.164 e. The van der Waals surface area contributed by atoms with E-state index >= 15 is 0 Å². The van der Waals surface area contributed by atoms with Gasteiger partial charge in [0.05, 0.1) is 19.5 Å². The third-order valence-electron chi connectivity index (χ3n) is 1.67. The largest absolute Gasteiger partial charge is 0.501 e. The molecule has 0 aromatic heterocycles. The predicted molar refractivity (Wildman–Crippen MR) is 41.0 cm³/mol. The second kappa shape index (κ2) is 5.10. The zero-order valence-electron chi connectivity index (χ0n) is 6.68. The van der Waals surface area contributed by atoms with Gasteiger partial charge in [-0.05, 0) is 0 Å². The number of hydrogen-bond donors (Lipinski definition) is 4. The van der Waals surface area contributed by atoms with Crippen LogP contribution in [0.3, 0.4) is 0 Å². The maximum Gasteiger partial charge on any atom is 0.164 e. The molecule has 0 spiro atoms. The maximum atomic E-state index is 8.81. The lowest BCUT2D eigenvalue weighted by Crippen LogP contribution is -2.45. The summed E-state index contributed by atoms with van der Waals surface area (Å²) in [6, 6.07) is 0. The highest BCUT2D eigenvalue weighted by atomic mass is 16.5. The van der Waals surface area contributed by atoms with Crippen LogP contribution in [0, 0.1) is 5.41 Å². The van der Waals surface area contributed by atoms with E-state index in [2.05, 4.69) is 11.3 Å². The molecule has 12 heavy (non-hydrogen) atoms. The molecule has 0 aromatic rings. The van der Waals surface area contributed by atoms with Crippen molar-refractivity contribution >= 4 is 0 Å². The summed E-state index contributed by atoms with van der Waals surface area (Å²) in [6.07, 6.45) is -0.727. The summed E-state index contributed by atoms with van der Waals surface area (Å²) in [5.41, 5.74) is -1.44. The molecule has 4 N–H and O–H groups in total. The van der Waals surface area contributed by atoms with Gasteiger partial charge in [0.2, 0.25) is 0 Å². The van der Waals surface area contributed by atoms with Gasteiger partial charge in [-0.15, -0.1) is 0 Å². The Bertz CT molecular complexity index is 130. The molecule has 0 saturated heterocycles. The third-order valence-corrected chi connectivity index (χ3v) is 1.67. The first-order valence-corrected chi connectivity index (χ1v) is 3.43. The standard InChI is InChI=1S/C7H14O5/c1-2-12-5-7(3-8,4-9)6(10)11/h2,6,8-11H,1,3-5H2. The number of aliphatic hydroxyl groups is 4. The molecular formula is C7H14O5. The molecule has 0 fully saturated rings. The van der Waals surface area contributed by atoms with E-state index in [0.717, 1.165) is 6.26 Å². The quantitative estimate of drug-likeness (QED) is 0.291. The Morgan fingerprint density at radius 1 is 1.33 bits per heavy atom. The van der Waals surface area contributed by atoms with Crippen molar-refractivity contribution in [2.45, 2.75) is 6.29 Å². The van der Waals surface area contributed by atoms with Gasteiger partial charge in [0.25, 0.3) is 0 Å². The van der Waals surface area contributed by atoms with Crippen LogP contribution in [-0.2, 0) is 4.74 Å². The highest BCUT2D eigenvalue weighted by molar-refractivity contribution is 4.80. The van der Waals surface area contributed by atoms with E-state index in [4.69, 9.17) is 20.4 Å². The van der Waals surface area contributed by atoms with Gasteiger partial charge < -0.3 is 25.2 Å². The zero-order chi connectivity index (χ0) is 9.61. The number of hydrogen-bond acceptors (Lipinski definition) is 5. The van der Waals surface area contributed by atoms with E-state index in [-0.39, 0.29) is 6.61 Å². The minimum absolute atomic E-state index is 0.193. The fraction of sp³-hybridized carbons (Fsp3) is 0.714. The van der Waals surface area contributed by atoms with Crippen molar-refractivity contribution in [1.82, 2.24) is 0 Å². The molecule has 0 heterocycles. The Morgan fingerprint density at radius 3 is 2.08 bits per heavy atom. The third kappa shape index (κ3) is 2.46. The van der Waals surface area contributed by atoms with Gasteiger partial charge in [-0.2, -0.15) is 0 Å². The molecule has 0 unspecified atom stereocenters. The van der Waals surface area contributed by atoms with Crippen LogP contribution in [-0.4, -0.2) is 46.5 Å². The van der Waals surface area contributed by atoms with Crippen LogP contribution in [0.4, 0.5) is 0 Å². The molecule has 0 radical (unpaired) electrons. The van der Waals surface area contributed by atoms with Crippen LogP contribution in [0.1, 0.15) is 0 Å². The SMILES string of the molecule is C=COCC(CO)(CO)C(O)O. The van der Waals surface area contributed by atoms with Gasteiger partial charge in [0.1, 0.15) is 12.0 Å². The van der Waals surface area contributed by atoms with E-state index in [1.54, 1.807) is 0 Å². The highest BCUT2D eigenvalue weighted by Gasteiger charge is 2.36. The van der Waals surface area contributed by atoms with E-state index in [1.807, 2.05) is 0 Å². The van der Waals surface area contributed by atoms with Crippen molar-refractivity contribution in [2.75, 3.05) is 19.8 Å². The summed E-state index contributed by atoms with van der Waals surface area (Å²) >= 11 is 0. The van der Waals surface area contributed by atoms with Gasteiger partial charge in [-0.3, -0.25) is 0 Å². The van der Waals surface area contributed by atoms with Gasteiger partial charge >= 0.3 is 0 Å². The van der Waals surface area contributed by atoms with Crippen molar-refractivity contribution < 1.29 is 25.2 Å². The lowest BCUT2D eigenvalue weighted by molar-refractivity contribution is -0.183. The van der Waals surface area contributed by atoms with E-state index in [9.17, 15) is 0 Å². The minimum Gasteiger partial charge on any atom is -0.501 e. The second-order valence-corrected chi connectivity index (χ2v) is 2.53. The summed E-state index contributed by atoms with van der Waals surface area (Å²) in [6.45, 7) is 1.90. The first-order valence-electron chi connectivity index (χ1n) is 3.43. The molecule has 5 nitrogen and oxygen atoms in total. The Morgan fingerprint density at radius 2 is 1.83 bits per heavy atom. The fourth-order valence-electron chi connectivity index (χ4n) is 0.604. The Balaban J connectivity index is 4.24. The molecule has 0 aliphatic heterocycles. The van der Waals surface area contributed by atoms with Crippen LogP contribution in [0.5, 0.6) is 0 Å². The molecule has 0 saturated carbocycles. The average Bonchev–Trinajstić information content (AvgIpc) is 2.07. The molecule has 0 rings (SSSR count). The Hall–Kier alpha value is -0.620. The summed E-state index contributed by atoms with van der Waals surface area (Å²) in [7, 11) is 0. The number of rotatable bonds is 6. The molecule has 0 amide bonds. The summed E-state index contributed by atoms with van der Waals surface area (Å²) in [5, 5.41) is 35.2. The first kappa shape index (κ1) is 11.4. The van der Waals surface area contributed by atoms with Crippen LogP contribution >= 0.6 is 0 Å². The van der Waals surface area contributed by atoms with Crippen LogP contribution in [0.15, 0.2) is 12.8 Å². The van der Waals surface area contributed by atoms with Gasteiger partial charge in [-0.1, -0.05) is 6.58 Å². The topological polar surface area (TPSA) is 90.2 Å². The van der Waals surface area contributed by atoms with Gasteiger partial charge in [0.15, 0.2) is 6.29 Å². The van der Waals surface area contributed by atoms with Crippen molar-refractivity contribution in [1.29, 1.82) is 0 Å². The maximum absolute atomic E-state index is 8.81.